The average Bonchev–Trinajstić information content (AvgIpc) is 3.04. The van der Waals surface area contributed by atoms with E-state index < -0.39 is 0 Å². The lowest BCUT2D eigenvalue weighted by Crippen LogP contribution is -2.41. The Morgan fingerprint density at radius 3 is 2.48 bits per heavy atom. The zero-order chi connectivity index (χ0) is 15.5. The van der Waals surface area contributed by atoms with Gasteiger partial charge in [0.25, 0.3) is 0 Å². The molecule has 2 rings (SSSR count). The molecule has 4 unspecified atom stereocenters. The van der Waals surface area contributed by atoms with Crippen LogP contribution in [0.3, 0.4) is 0 Å². The zero-order valence-corrected chi connectivity index (χ0v) is 14.2. The monoisotopic (exact) mass is 292 g/mol. The number of hydrogen-bond acceptors (Lipinski definition) is 2. The van der Waals surface area contributed by atoms with E-state index in [9.17, 15) is 4.79 Å². The lowest BCUT2D eigenvalue weighted by molar-refractivity contribution is -0.170. The molecule has 0 N–H and O–H groups in total. The molecule has 0 amide bonds. The van der Waals surface area contributed by atoms with Crippen LogP contribution in [0, 0.1) is 23.7 Å². The molecule has 2 saturated carbocycles. The van der Waals surface area contributed by atoms with Gasteiger partial charge in [-0.25, -0.2) is 0 Å². The minimum Gasteiger partial charge on any atom is -0.459 e. The SMILES string of the molecule is CCC1(OC(=O)C(C)C/C=C\CC(C)C)CC2CCC1C2. The van der Waals surface area contributed by atoms with Gasteiger partial charge in [-0.15, -0.1) is 0 Å². The van der Waals surface area contributed by atoms with Crippen LogP contribution in [0.1, 0.15) is 72.6 Å². The number of hydrogen-bond donors (Lipinski definition) is 0. The molecule has 0 saturated heterocycles. The number of carbonyl (C=O) groups is 1. The van der Waals surface area contributed by atoms with Gasteiger partial charge < -0.3 is 4.74 Å². The van der Waals surface area contributed by atoms with Gasteiger partial charge in [0.2, 0.25) is 0 Å². The average molecular weight is 292 g/mol. The van der Waals surface area contributed by atoms with E-state index in [-0.39, 0.29) is 17.5 Å². The Hall–Kier alpha value is -0.790. The summed E-state index contributed by atoms with van der Waals surface area (Å²) in [6, 6.07) is 0. The maximum Gasteiger partial charge on any atom is 0.309 e. The molecule has 2 heteroatoms. The number of fused-ring (bicyclic) bond motifs is 2. The van der Waals surface area contributed by atoms with E-state index in [0.717, 1.165) is 31.6 Å². The van der Waals surface area contributed by atoms with E-state index in [1.807, 2.05) is 6.92 Å². The van der Waals surface area contributed by atoms with Crippen LogP contribution in [0.4, 0.5) is 0 Å². The summed E-state index contributed by atoms with van der Waals surface area (Å²) in [5.41, 5.74) is -0.129. The van der Waals surface area contributed by atoms with Crippen molar-refractivity contribution in [2.45, 2.75) is 78.2 Å². The third-order valence-corrected chi connectivity index (χ3v) is 5.49. The van der Waals surface area contributed by atoms with Crippen molar-refractivity contribution in [3.8, 4) is 0 Å². The summed E-state index contributed by atoms with van der Waals surface area (Å²) in [7, 11) is 0. The predicted octanol–water partition coefficient (Wildman–Crippen LogP) is 5.13. The van der Waals surface area contributed by atoms with Gasteiger partial charge in [0, 0.05) is 0 Å². The fourth-order valence-electron chi connectivity index (χ4n) is 4.09. The van der Waals surface area contributed by atoms with Crippen molar-refractivity contribution >= 4 is 5.97 Å². The van der Waals surface area contributed by atoms with Gasteiger partial charge in [-0.1, -0.05) is 39.8 Å². The van der Waals surface area contributed by atoms with Crippen molar-refractivity contribution in [2.75, 3.05) is 0 Å². The highest BCUT2D eigenvalue weighted by molar-refractivity contribution is 5.72. The highest BCUT2D eigenvalue weighted by atomic mass is 16.6. The molecular formula is C19H32O2. The predicted molar refractivity (Wildman–Crippen MR) is 86.9 cm³/mol. The molecule has 0 radical (unpaired) electrons. The summed E-state index contributed by atoms with van der Waals surface area (Å²) in [5, 5.41) is 0. The van der Waals surface area contributed by atoms with Gasteiger partial charge in [0.1, 0.15) is 5.60 Å². The molecule has 4 atom stereocenters. The van der Waals surface area contributed by atoms with Crippen LogP contribution in [-0.4, -0.2) is 11.6 Å². The van der Waals surface area contributed by atoms with Gasteiger partial charge in [-0.2, -0.15) is 0 Å². The Bertz CT molecular complexity index is 385. The second-order valence-electron chi connectivity index (χ2n) is 7.66. The maximum atomic E-state index is 12.4. The Morgan fingerprint density at radius 2 is 1.95 bits per heavy atom. The van der Waals surface area contributed by atoms with E-state index >= 15 is 0 Å². The van der Waals surface area contributed by atoms with Crippen LogP contribution < -0.4 is 0 Å². The van der Waals surface area contributed by atoms with Crippen LogP contribution in [0.2, 0.25) is 0 Å². The Morgan fingerprint density at radius 1 is 1.24 bits per heavy atom. The molecule has 21 heavy (non-hydrogen) atoms. The Labute approximate surface area is 130 Å². The van der Waals surface area contributed by atoms with Gasteiger partial charge in [-0.05, 0) is 62.7 Å². The van der Waals surface area contributed by atoms with Crippen molar-refractivity contribution < 1.29 is 9.53 Å². The van der Waals surface area contributed by atoms with Crippen molar-refractivity contribution in [1.29, 1.82) is 0 Å². The molecule has 0 heterocycles. The highest BCUT2D eigenvalue weighted by Crippen LogP contribution is 2.54. The first-order valence-electron chi connectivity index (χ1n) is 8.84. The summed E-state index contributed by atoms with van der Waals surface area (Å²) in [5.74, 6) is 2.11. The molecule has 2 fully saturated rings. The van der Waals surface area contributed by atoms with Gasteiger partial charge in [0.05, 0.1) is 5.92 Å². The third-order valence-electron chi connectivity index (χ3n) is 5.49. The maximum absolute atomic E-state index is 12.4. The lowest BCUT2D eigenvalue weighted by atomic mass is 9.82. The zero-order valence-electron chi connectivity index (χ0n) is 14.2. The standard InChI is InChI=1S/C19H32O2/c1-5-19(13-16-10-11-17(19)12-16)21-18(20)15(4)9-7-6-8-14(2)3/h6-7,14-17H,5,8-13H2,1-4H3/b7-6-. The minimum atomic E-state index is -0.129. The second-order valence-corrected chi connectivity index (χ2v) is 7.66. The lowest BCUT2D eigenvalue weighted by Gasteiger charge is -2.37. The smallest absolute Gasteiger partial charge is 0.309 e. The summed E-state index contributed by atoms with van der Waals surface area (Å²) >= 11 is 0. The summed E-state index contributed by atoms with van der Waals surface area (Å²) in [6.07, 6.45) is 12.2. The fourth-order valence-corrected chi connectivity index (χ4v) is 4.09. The largest absolute Gasteiger partial charge is 0.459 e. The molecule has 0 aromatic heterocycles. The van der Waals surface area contributed by atoms with Crippen LogP contribution in [0.5, 0.6) is 0 Å². The highest BCUT2D eigenvalue weighted by Gasteiger charge is 2.52. The number of esters is 1. The van der Waals surface area contributed by atoms with Crippen LogP contribution >= 0.6 is 0 Å². The van der Waals surface area contributed by atoms with E-state index in [1.54, 1.807) is 0 Å². The van der Waals surface area contributed by atoms with Crippen LogP contribution in [-0.2, 0) is 9.53 Å². The fraction of sp³-hybridized carbons (Fsp3) is 0.842. The summed E-state index contributed by atoms with van der Waals surface area (Å²) in [6.45, 7) is 8.60. The quantitative estimate of drug-likeness (QED) is 0.480. The van der Waals surface area contributed by atoms with Gasteiger partial charge >= 0.3 is 5.97 Å². The molecule has 2 nitrogen and oxygen atoms in total. The first-order valence-corrected chi connectivity index (χ1v) is 8.84. The first kappa shape index (κ1) is 16.6. The molecule has 120 valence electrons. The number of allylic oxidation sites excluding steroid dienone is 2. The normalized spacial score (nSPS) is 33.0. The van der Waals surface area contributed by atoms with E-state index in [2.05, 4.69) is 32.9 Å². The topological polar surface area (TPSA) is 26.3 Å². The number of rotatable bonds is 7. The molecule has 0 aromatic rings. The van der Waals surface area contributed by atoms with Gasteiger partial charge in [0.15, 0.2) is 0 Å². The van der Waals surface area contributed by atoms with E-state index in [4.69, 9.17) is 4.74 Å². The molecule has 0 spiro atoms. The van der Waals surface area contributed by atoms with Crippen molar-refractivity contribution in [3.63, 3.8) is 0 Å². The van der Waals surface area contributed by atoms with E-state index in [0.29, 0.717) is 11.8 Å². The van der Waals surface area contributed by atoms with Crippen molar-refractivity contribution in [3.05, 3.63) is 12.2 Å². The van der Waals surface area contributed by atoms with Crippen molar-refractivity contribution in [2.24, 2.45) is 23.7 Å². The molecule has 2 bridgehead atoms. The Balaban J connectivity index is 1.84. The van der Waals surface area contributed by atoms with E-state index in [1.165, 1.54) is 19.3 Å². The molecule has 2 aliphatic carbocycles. The van der Waals surface area contributed by atoms with Crippen molar-refractivity contribution in [1.82, 2.24) is 0 Å². The van der Waals surface area contributed by atoms with Crippen LogP contribution in [0.25, 0.3) is 0 Å². The van der Waals surface area contributed by atoms with Crippen LogP contribution in [0.15, 0.2) is 12.2 Å². The second kappa shape index (κ2) is 6.98. The summed E-state index contributed by atoms with van der Waals surface area (Å²) in [4.78, 5) is 12.4. The van der Waals surface area contributed by atoms with Gasteiger partial charge in [-0.3, -0.25) is 4.79 Å². The number of ether oxygens (including phenoxy) is 1. The number of carbonyl (C=O) groups excluding carboxylic acids is 1. The minimum absolute atomic E-state index is 0.0126. The molecule has 0 aliphatic heterocycles. The molecule has 0 aromatic carbocycles. The third kappa shape index (κ3) is 3.90. The first-order chi connectivity index (χ1) is 9.97. The Kier molecular flexibility index (Phi) is 5.51. The molecular weight excluding hydrogens is 260 g/mol. The molecule has 2 aliphatic rings. The summed E-state index contributed by atoms with van der Waals surface area (Å²) < 4.78 is 6.05.